The summed E-state index contributed by atoms with van der Waals surface area (Å²) in [6, 6.07) is 5.09. The van der Waals surface area contributed by atoms with Gasteiger partial charge in [-0.05, 0) is 17.0 Å². The molecule has 1 unspecified atom stereocenters. The number of hydrogen-bond donors (Lipinski definition) is 2. The highest BCUT2D eigenvalue weighted by Crippen LogP contribution is 2.40. The number of carbonyl (C=O) groups is 2. The molecule has 0 aliphatic carbocycles. The molecule has 20 heavy (non-hydrogen) atoms. The van der Waals surface area contributed by atoms with E-state index in [0.29, 0.717) is 0 Å². The Kier molecular flexibility index (Phi) is 3.46. The number of benzene rings is 1. The number of carboxylic acids is 1. The van der Waals surface area contributed by atoms with Gasteiger partial charge in [0.15, 0.2) is 0 Å². The molecule has 0 spiro atoms. The quantitative estimate of drug-likeness (QED) is 0.869. The number of rotatable bonds is 2. The molecule has 5 nitrogen and oxygen atoms in total. The molecule has 1 aliphatic rings. The van der Waals surface area contributed by atoms with Crippen molar-refractivity contribution in [3.05, 3.63) is 23.8 Å². The highest BCUT2D eigenvalue weighted by atomic mass is 16.4. The molecule has 2 rings (SSSR count). The van der Waals surface area contributed by atoms with E-state index < -0.39 is 12.0 Å². The molecule has 2 N–H and O–H groups in total. The predicted molar refractivity (Wildman–Crippen MR) is 78.2 cm³/mol. The number of likely N-dealkylation sites (N-methyl/N-ethyl adjacent to an activating group) is 1. The largest absolute Gasteiger partial charge is 0.481 e. The number of carbonyl (C=O) groups excluding carboxylic acids is 1. The maximum atomic E-state index is 12.0. The zero-order valence-corrected chi connectivity index (χ0v) is 12.2. The monoisotopic (exact) mass is 276 g/mol. The van der Waals surface area contributed by atoms with Crippen LogP contribution in [0.2, 0.25) is 0 Å². The smallest absolute Gasteiger partial charge is 0.305 e. The second-order valence-corrected chi connectivity index (χ2v) is 6.17. The number of aliphatic carboxylic acids is 1. The molecule has 1 aliphatic heterocycles. The molecular weight excluding hydrogens is 256 g/mol. The molecule has 0 saturated carbocycles. The van der Waals surface area contributed by atoms with Crippen molar-refractivity contribution in [1.29, 1.82) is 0 Å². The lowest BCUT2D eigenvalue weighted by Gasteiger charge is -2.38. The standard InChI is InChI=1S/C15H20N2O3/c1-15(2,3)9-6-5-7-10-13(9)17(4)11(8-12(18)19)14(20)16-10/h5-7,11H,8H2,1-4H3,(H,16,20)(H,18,19). The highest BCUT2D eigenvalue weighted by Gasteiger charge is 2.35. The number of anilines is 2. The van der Waals surface area contributed by atoms with Gasteiger partial charge >= 0.3 is 5.97 Å². The average Bonchev–Trinajstić information content (AvgIpc) is 2.32. The Labute approximate surface area is 118 Å². The van der Waals surface area contributed by atoms with E-state index in [-0.39, 0.29) is 17.7 Å². The fraction of sp³-hybridized carbons (Fsp3) is 0.467. The van der Waals surface area contributed by atoms with Crippen molar-refractivity contribution in [3.63, 3.8) is 0 Å². The van der Waals surface area contributed by atoms with Crippen molar-refractivity contribution >= 4 is 23.3 Å². The van der Waals surface area contributed by atoms with Crippen LogP contribution in [0, 0.1) is 0 Å². The Morgan fingerprint density at radius 2 is 2.05 bits per heavy atom. The second kappa shape index (κ2) is 4.81. The molecule has 1 aromatic rings. The van der Waals surface area contributed by atoms with E-state index in [1.807, 2.05) is 18.2 Å². The van der Waals surface area contributed by atoms with Crippen LogP contribution in [0.15, 0.2) is 18.2 Å². The van der Waals surface area contributed by atoms with Gasteiger partial charge in [-0.15, -0.1) is 0 Å². The fourth-order valence-corrected chi connectivity index (χ4v) is 2.57. The summed E-state index contributed by atoms with van der Waals surface area (Å²) in [5, 5.41) is 11.8. The number of hydrogen-bond acceptors (Lipinski definition) is 3. The summed E-state index contributed by atoms with van der Waals surface area (Å²) in [6.07, 6.45) is -0.208. The summed E-state index contributed by atoms with van der Waals surface area (Å²) >= 11 is 0. The first-order valence-electron chi connectivity index (χ1n) is 6.61. The third-order valence-electron chi connectivity index (χ3n) is 3.59. The van der Waals surface area contributed by atoms with Crippen LogP contribution in [-0.2, 0) is 15.0 Å². The number of para-hydroxylation sites is 1. The average molecular weight is 276 g/mol. The first-order valence-corrected chi connectivity index (χ1v) is 6.61. The van der Waals surface area contributed by atoms with Crippen molar-refractivity contribution in [2.75, 3.05) is 17.3 Å². The van der Waals surface area contributed by atoms with Crippen LogP contribution in [0.3, 0.4) is 0 Å². The normalized spacial score (nSPS) is 18.5. The Bertz CT molecular complexity index is 561. The van der Waals surface area contributed by atoms with E-state index in [4.69, 9.17) is 5.11 Å². The molecule has 1 aromatic carbocycles. The van der Waals surface area contributed by atoms with E-state index in [2.05, 4.69) is 26.1 Å². The van der Waals surface area contributed by atoms with Gasteiger partial charge in [0, 0.05) is 7.05 Å². The minimum Gasteiger partial charge on any atom is -0.481 e. The van der Waals surface area contributed by atoms with Crippen LogP contribution in [0.5, 0.6) is 0 Å². The first-order chi connectivity index (χ1) is 9.21. The molecule has 0 saturated heterocycles. The van der Waals surface area contributed by atoms with Crippen molar-refractivity contribution in [2.24, 2.45) is 0 Å². The van der Waals surface area contributed by atoms with E-state index in [0.717, 1.165) is 16.9 Å². The van der Waals surface area contributed by atoms with Crippen LogP contribution in [0.25, 0.3) is 0 Å². The Balaban J connectivity index is 2.52. The Hall–Kier alpha value is -2.04. The lowest BCUT2D eigenvalue weighted by Crippen LogP contribution is -2.48. The molecule has 0 fully saturated rings. The van der Waals surface area contributed by atoms with Gasteiger partial charge in [-0.3, -0.25) is 9.59 Å². The highest BCUT2D eigenvalue weighted by molar-refractivity contribution is 6.05. The number of fused-ring (bicyclic) bond motifs is 1. The van der Waals surface area contributed by atoms with Gasteiger partial charge in [0.1, 0.15) is 6.04 Å². The zero-order valence-electron chi connectivity index (χ0n) is 12.2. The van der Waals surface area contributed by atoms with Gasteiger partial charge in [0.05, 0.1) is 17.8 Å². The van der Waals surface area contributed by atoms with Gasteiger partial charge in [-0.25, -0.2) is 0 Å². The topological polar surface area (TPSA) is 69.6 Å². The van der Waals surface area contributed by atoms with E-state index >= 15 is 0 Å². The zero-order chi connectivity index (χ0) is 15.1. The molecule has 1 heterocycles. The molecule has 0 bridgehead atoms. The van der Waals surface area contributed by atoms with Crippen LogP contribution >= 0.6 is 0 Å². The summed E-state index contributed by atoms with van der Waals surface area (Å²) in [6.45, 7) is 6.29. The van der Waals surface area contributed by atoms with Crippen molar-refractivity contribution < 1.29 is 14.7 Å². The van der Waals surface area contributed by atoms with Gasteiger partial charge in [-0.1, -0.05) is 32.9 Å². The Morgan fingerprint density at radius 3 is 2.60 bits per heavy atom. The molecular formula is C15H20N2O3. The summed E-state index contributed by atoms with van der Waals surface area (Å²) in [5.41, 5.74) is 2.65. The van der Waals surface area contributed by atoms with E-state index in [1.54, 1.807) is 11.9 Å². The summed E-state index contributed by atoms with van der Waals surface area (Å²) < 4.78 is 0. The maximum Gasteiger partial charge on any atom is 0.305 e. The lowest BCUT2D eigenvalue weighted by molar-refractivity contribution is -0.138. The van der Waals surface area contributed by atoms with Crippen molar-refractivity contribution in [3.8, 4) is 0 Å². The minimum atomic E-state index is -0.978. The number of amides is 1. The summed E-state index contributed by atoms with van der Waals surface area (Å²) in [7, 11) is 1.78. The van der Waals surface area contributed by atoms with Crippen LogP contribution in [-0.4, -0.2) is 30.1 Å². The minimum absolute atomic E-state index is 0.0879. The third kappa shape index (κ3) is 2.48. The number of nitrogens with one attached hydrogen (secondary N) is 1. The molecule has 1 amide bonds. The van der Waals surface area contributed by atoms with Crippen LogP contribution < -0.4 is 10.2 Å². The summed E-state index contributed by atoms with van der Waals surface area (Å²) in [5.74, 6) is -1.25. The van der Waals surface area contributed by atoms with Crippen LogP contribution in [0.4, 0.5) is 11.4 Å². The van der Waals surface area contributed by atoms with Crippen molar-refractivity contribution in [2.45, 2.75) is 38.6 Å². The SMILES string of the molecule is CN1c2c(cccc2C(C)(C)C)NC(=O)C1CC(=O)O. The van der Waals surface area contributed by atoms with Crippen molar-refractivity contribution in [1.82, 2.24) is 0 Å². The van der Waals surface area contributed by atoms with Gasteiger partial charge in [0.2, 0.25) is 5.91 Å². The van der Waals surface area contributed by atoms with Gasteiger partial charge in [0.25, 0.3) is 0 Å². The molecule has 108 valence electrons. The fourth-order valence-electron chi connectivity index (χ4n) is 2.57. The van der Waals surface area contributed by atoms with E-state index in [9.17, 15) is 9.59 Å². The molecule has 5 heteroatoms. The Morgan fingerprint density at radius 1 is 1.40 bits per heavy atom. The molecule has 1 atom stereocenters. The van der Waals surface area contributed by atoms with Gasteiger partial charge < -0.3 is 15.3 Å². The number of carboxylic acid groups (broad SMARTS) is 1. The number of nitrogens with zero attached hydrogens (tertiary/aromatic N) is 1. The third-order valence-corrected chi connectivity index (χ3v) is 3.59. The molecule has 0 aromatic heterocycles. The maximum absolute atomic E-state index is 12.0. The summed E-state index contributed by atoms with van der Waals surface area (Å²) in [4.78, 5) is 24.8. The van der Waals surface area contributed by atoms with Gasteiger partial charge in [-0.2, -0.15) is 0 Å². The molecule has 0 radical (unpaired) electrons. The second-order valence-electron chi connectivity index (χ2n) is 6.17. The first kappa shape index (κ1) is 14.4. The lowest BCUT2D eigenvalue weighted by atomic mass is 9.84. The van der Waals surface area contributed by atoms with Crippen LogP contribution in [0.1, 0.15) is 32.8 Å². The van der Waals surface area contributed by atoms with E-state index in [1.165, 1.54) is 0 Å². The predicted octanol–water partition coefficient (Wildman–Crippen LogP) is 2.22.